The molecular formula is C28H47F9NO4+. The lowest BCUT2D eigenvalue weighted by molar-refractivity contribution is -0.873. The molecule has 0 aliphatic carbocycles. The van der Waals surface area contributed by atoms with Crippen molar-refractivity contribution in [2.45, 2.75) is 133 Å². The number of halogens is 9. The number of alkyl halides is 9. The van der Waals surface area contributed by atoms with E-state index < -0.39 is 54.8 Å². The third kappa shape index (κ3) is 15.1. The molecule has 5 nitrogen and oxygen atoms in total. The molecule has 0 unspecified atom stereocenters. The minimum atomic E-state index is -6.89. The Morgan fingerprint density at radius 3 is 1.69 bits per heavy atom. The molecule has 0 heterocycles. The normalized spacial score (nSPS) is 14.1. The van der Waals surface area contributed by atoms with Crippen LogP contribution in [0.1, 0.15) is 103 Å². The van der Waals surface area contributed by atoms with E-state index in [1.807, 2.05) is 21.1 Å². The Balaban J connectivity index is 4.46. The van der Waals surface area contributed by atoms with Crippen LogP contribution in [0.3, 0.4) is 0 Å². The van der Waals surface area contributed by atoms with Crippen LogP contribution in [0.15, 0.2) is 0 Å². The van der Waals surface area contributed by atoms with Crippen LogP contribution in [0.2, 0.25) is 0 Å². The predicted molar refractivity (Wildman–Crippen MR) is 140 cm³/mol. The van der Waals surface area contributed by atoms with E-state index >= 15 is 0 Å². The van der Waals surface area contributed by atoms with E-state index in [0.717, 1.165) is 19.3 Å². The molecular weight excluding hydrogens is 585 g/mol. The van der Waals surface area contributed by atoms with Crippen LogP contribution in [0.25, 0.3) is 0 Å². The number of hydrogen-bond acceptors (Lipinski definition) is 4. The second kappa shape index (κ2) is 18.2. The van der Waals surface area contributed by atoms with Crippen molar-refractivity contribution in [1.82, 2.24) is 0 Å². The van der Waals surface area contributed by atoms with E-state index in [2.05, 4.69) is 6.92 Å². The van der Waals surface area contributed by atoms with Gasteiger partial charge in [-0.15, -0.1) is 0 Å². The number of likely N-dealkylation sites (N-methyl/N-ethyl adjacent to an activating group) is 1. The van der Waals surface area contributed by atoms with Crippen molar-refractivity contribution >= 4 is 11.9 Å². The van der Waals surface area contributed by atoms with Gasteiger partial charge in [-0.05, 0) is 19.3 Å². The van der Waals surface area contributed by atoms with Crippen LogP contribution in [-0.2, 0) is 19.1 Å². The van der Waals surface area contributed by atoms with Gasteiger partial charge in [0.05, 0.1) is 34.2 Å². The van der Waals surface area contributed by atoms with Crippen molar-refractivity contribution in [3.05, 3.63) is 0 Å². The summed E-state index contributed by atoms with van der Waals surface area (Å²) in [6, 6.07) is 0. The molecule has 0 aromatic rings. The number of carbonyl (C=O) groups is 2. The smallest absolute Gasteiger partial charge is 0.460 e. The maximum absolute atomic E-state index is 13.6. The van der Waals surface area contributed by atoms with Gasteiger partial charge in [-0.3, -0.25) is 9.59 Å². The molecule has 250 valence electrons. The Labute approximate surface area is 243 Å². The molecule has 42 heavy (non-hydrogen) atoms. The minimum absolute atomic E-state index is 0.0699. The highest BCUT2D eigenvalue weighted by Crippen LogP contribution is 2.54. The zero-order chi connectivity index (χ0) is 32.7. The van der Waals surface area contributed by atoms with Gasteiger partial charge in [-0.1, -0.05) is 64.7 Å². The van der Waals surface area contributed by atoms with E-state index in [4.69, 9.17) is 9.47 Å². The summed E-state index contributed by atoms with van der Waals surface area (Å²) in [7, 11) is 5.57. The first-order chi connectivity index (χ1) is 19.2. The number of rotatable bonds is 23. The van der Waals surface area contributed by atoms with Gasteiger partial charge in [0.15, 0.2) is 6.10 Å². The number of esters is 2. The summed E-state index contributed by atoms with van der Waals surface area (Å²) < 4.78 is 127. The highest BCUT2D eigenvalue weighted by molar-refractivity contribution is 5.72. The van der Waals surface area contributed by atoms with Crippen LogP contribution in [0.5, 0.6) is 0 Å². The average molecular weight is 633 g/mol. The summed E-state index contributed by atoms with van der Waals surface area (Å²) in [5.41, 5.74) is 0. The van der Waals surface area contributed by atoms with Crippen molar-refractivity contribution < 1.29 is 63.1 Å². The van der Waals surface area contributed by atoms with Gasteiger partial charge in [-0.2, -0.15) is 39.5 Å². The maximum atomic E-state index is 13.6. The Hall–Kier alpha value is -1.73. The molecule has 0 fully saturated rings. The third-order valence-corrected chi connectivity index (χ3v) is 6.54. The second-order valence-corrected chi connectivity index (χ2v) is 11.7. The standard InChI is InChI=1S/C28H47F9NO4/c1-5-6-7-8-9-10-11-14-17-23(39)42-22(21-38(2,3)4)20-24(40)41-19-16-13-12-15-18-25(29,30)26(31,32)27(33,34)28(35,36)37/h22H,5-21H2,1-4H3/q+1/t22-/m1/s1. The Bertz CT molecular complexity index is 784. The molecule has 0 radical (unpaired) electrons. The molecule has 0 aromatic carbocycles. The molecule has 14 heteroatoms. The summed E-state index contributed by atoms with van der Waals surface area (Å²) >= 11 is 0. The first-order valence-electron chi connectivity index (χ1n) is 14.5. The number of unbranched alkanes of at least 4 members (excludes halogenated alkanes) is 10. The SMILES string of the molecule is CCCCCCCCCCC(=O)O[C@H](CC(=O)OCCCCCCC(F)(F)C(F)(F)C(F)(F)C(F)(F)F)C[N+](C)(C)C. The van der Waals surface area contributed by atoms with Crippen molar-refractivity contribution in [3.63, 3.8) is 0 Å². The maximum Gasteiger partial charge on any atom is 0.460 e. The Kier molecular flexibility index (Phi) is 17.4. The van der Waals surface area contributed by atoms with Crippen LogP contribution in [0.4, 0.5) is 39.5 Å². The predicted octanol–water partition coefficient (Wildman–Crippen LogP) is 8.49. The molecule has 0 N–H and O–H groups in total. The number of quaternary nitrogens is 1. The highest BCUT2D eigenvalue weighted by Gasteiger charge is 2.81. The average Bonchev–Trinajstić information content (AvgIpc) is 2.83. The molecule has 0 aliphatic heterocycles. The number of nitrogens with zero attached hydrogens (tertiary/aromatic N) is 1. The van der Waals surface area contributed by atoms with Gasteiger partial charge in [0.1, 0.15) is 6.54 Å². The quantitative estimate of drug-likeness (QED) is 0.0491. The summed E-state index contributed by atoms with van der Waals surface area (Å²) in [6.07, 6.45) is -1.66. The lowest BCUT2D eigenvalue weighted by atomic mass is 9.98. The fourth-order valence-electron chi connectivity index (χ4n) is 4.20. The summed E-state index contributed by atoms with van der Waals surface area (Å²) in [6.45, 7) is 2.32. The monoisotopic (exact) mass is 632 g/mol. The van der Waals surface area contributed by atoms with Gasteiger partial charge in [0.2, 0.25) is 0 Å². The van der Waals surface area contributed by atoms with E-state index in [-0.39, 0.29) is 38.7 Å². The first-order valence-corrected chi connectivity index (χ1v) is 14.5. The molecule has 0 saturated carbocycles. The lowest BCUT2D eigenvalue weighted by Gasteiger charge is -2.33. The van der Waals surface area contributed by atoms with Crippen molar-refractivity contribution in [2.75, 3.05) is 34.3 Å². The summed E-state index contributed by atoms with van der Waals surface area (Å²) in [5, 5.41) is 0. The first kappa shape index (κ1) is 40.3. The molecule has 0 bridgehead atoms. The van der Waals surface area contributed by atoms with E-state index in [9.17, 15) is 49.1 Å². The molecule has 0 amide bonds. The van der Waals surface area contributed by atoms with E-state index in [1.54, 1.807) is 0 Å². The fourth-order valence-corrected chi connectivity index (χ4v) is 4.20. The molecule has 0 saturated heterocycles. The van der Waals surface area contributed by atoms with Crippen LogP contribution in [-0.4, -0.2) is 80.8 Å². The largest absolute Gasteiger partial charge is 0.466 e. The van der Waals surface area contributed by atoms with Gasteiger partial charge in [-0.25, -0.2) is 0 Å². The topological polar surface area (TPSA) is 52.6 Å². The fraction of sp³-hybridized carbons (Fsp3) is 0.929. The van der Waals surface area contributed by atoms with E-state index in [0.29, 0.717) is 17.4 Å². The van der Waals surface area contributed by atoms with Crippen molar-refractivity contribution in [3.8, 4) is 0 Å². The van der Waals surface area contributed by atoms with Gasteiger partial charge in [0, 0.05) is 12.8 Å². The lowest BCUT2D eigenvalue weighted by Crippen LogP contribution is -2.60. The zero-order valence-corrected chi connectivity index (χ0v) is 25.1. The Morgan fingerprint density at radius 2 is 1.17 bits per heavy atom. The summed E-state index contributed by atoms with van der Waals surface area (Å²) in [4.78, 5) is 24.6. The van der Waals surface area contributed by atoms with E-state index in [1.165, 1.54) is 25.7 Å². The molecule has 0 aliphatic rings. The van der Waals surface area contributed by atoms with Crippen molar-refractivity contribution in [2.24, 2.45) is 0 Å². The van der Waals surface area contributed by atoms with Gasteiger partial charge >= 0.3 is 35.9 Å². The third-order valence-electron chi connectivity index (χ3n) is 6.54. The molecule has 0 spiro atoms. The van der Waals surface area contributed by atoms with Gasteiger partial charge < -0.3 is 14.0 Å². The number of carbonyl (C=O) groups excluding carboxylic acids is 2. The zero-order valence-electron chi connectivity index (χ0n) is 25.1. The van der Waals surface area contributed by atoms with Crippen molar-refractivity contribution in [1.29, 1.82) is 0 Å². The summed E-state index contributed by atoms with van der Waals surface area (Å²) in [5.74, 6) is -20.2. The number of ether oxygens (including phenoxy) is 2. The molecule has 1 atom stereocenters. The van der Waals surface area contributed by atoms with Gasteiger partial charge in [0.25, 0.3) is 0 Å². The number of hydrogen-bond donors (Lipinski definition) is 0. The van der Waals surface area contributed by atoms with Crippen LogP contribution < -0.4 is 0 Å². The molecule has 0 rings (SSSR count). The van der Waals surface area contributed by atoms with Crippen LogP contribution in [0, 0.1) is 0 Å². The second-order valence-electron chi connectivity index (χ2n) is 11.7. The minimum Gasteiger partial charge on any atom is -0.466 e. The highest BCUT2D eigenvalue weighted by atomic mass is 19.4. The van der Waals surface area contributed by atoms with Crippen LogP contribution >= 0.6 is 0 Å². The molecule has 0 aromatic heterocycles. The Morgan fingerprint density at radius 1 is 0.667 bits per heavy atom.